The molecule has 3 N–H and O–H groups in total. The van der Waals surface area contributed by atoms with Gasteiger partial charge in [-0.05, 0) is 48.5 Å². The van der Waals surface area contributed by atoms with Crippen molar-refractivity contribution in [3.63, 3.8) is 0 Å². The third-order valence-electron chi connectivity index (χ3n) is 6.35. The van der Waals surface area contributed by atoms with Crippen LogP contribution in [0.4, 0.5) is 33.7 Å². The van der Waals surface area contributed by atoms with Gasteiger partial charge in [-0.1, -0.05) is 11.6 Å². The first-order valence-corrected chi connectivity index (χ1v) is 11.1. The van der Waals surface area contributed by atoms with Crippen molar-refractivity contribution in [3.8, 4) is 6.07 Å². The van der Waals surface area contributed by atoms with Gasteiger partial charge in [0.15, 0.2) is 5.60 Å². The van der Waals surface area contributed by atoms with Gasteiger partial charge in [-0.3, -0.25) is 9.69 Å². The fourth-order valence-corrected chi connectivity index (χ4v) is 4.85. The lowest BCUT2D eigenvalue weighted by molar-refractivity contribution is -0.0892. The standard InChI is InChI=1S/C25H15ClF4N4O3/c26-17-3-1-12(27)7-14(17)21-20-15(22(35)33-21)5-11(9-31)6-18(20)32-24(36)34-10-25(37,23(29)30)16-8-13(28)2-4-19(16)34/h1-8,21,23,37H,10H2,(H,32,36)(H,33,35)/t21-,25?/m0/s1. The van der Waals surface area contributed by atoms with Gasteiger partial charge in [-0.25, -0.2) is 22.4 Å². The molecule has 3 amide bonds. The van der Waals surface area contributed by atoms with Crippen LogP contribution in [-0.4, -0.2) is 30.0 Å². The number of nitriles is 1. The molecule has 0 fully saturated rings. The van der Waals surface area contributed by atoms with E-state index in [1.54, 1.807) is 0 Å². The summed E-state index contributed by atoms with van der Waals surface area (Å²) >= 11 is 6.25. The molecule has 5 rings (SSSR count). The highest BCUT2D eigenvalue weighted by Crippen LogP contribution is 2.44. The van der Waals surface area contributed by atoms with E-state index in [1.807, 2.05) is 6.07 Å². The molecule has 0 saturated heterocycles. The van der Waals surface area contributed by atoms with Gasteiger partial charge in [0.25, 0.3) is 12.3 Å². The van der Waals surface area contributed by atoms with E-state index >= 15 is 0 Å². The Kier molecular flexibility index (Phi) is 5.81. The van der Waals surface area contributed by atoms with Crippen LogP contribution in [0.5, 0.6) is 0 Å². The summed E-state index contributed by atoms with van der Waals surface area (Å²) in [6.45, 7) is -0.883. The summed E-state index contributed by atoms with van der Waals surface area (Å²) in [5.41, 5.74) is -3.09. The van der Waals surface area contributed by atoms with Crippen molar-refractivity contribution in [1.29, 1.82) is 5.26 Å². The lowest BCUT2D eigenvalue weighted by Gasteiger charge is -2.24. The van der Waals surface area contributed by atoms with Crippen molar-refractivity contribution < 1.29 is 32.3 Å². The number of amides is 3. The average Bonchev–Trinajstić information content (AvgIpc) is 3.35. The number of anilines is 2. The van der Waals surface area contributed by atoms with Gasteiger partial charge in [-0.15, -0.1) is 0 Å². The molecule has 0 saturated carbocycles. The van der Waals surface area contributed by atoms with E-state index < -0.39 is 53.7 Å². The van der Waals surface area contributed by atoms with Crippen molar-refractivity contribution in [3.05, 3.63) is 93.0 Å². The number of fused-ring (bicyclic) bond motifs is 2. The van der Waals surface area contributed by atoms with Crippen LogP contribution in [0.1, 0.15) is 38.7 Å². The fourth-order valence-electron chi connectivity index (χ4n) is 4.62. The Bertz CT molecular complexity index is 1530. The van der Waals surface area contributed by atoms with E-state index in [0.29, 0.717) is 0 Å². The average molecular weight is 531 g/mol. The SMILES string of the molecule is N#Cc1cc(NC(=O)N2CC(O)(C(F)F)c3cc(F)ccc32)c2c(c1)C(=O)N[C@H]2c1cc(F)ccc1Cl. The molecular weight excluding hydrogens is 516 g/mol. The number of carbonyl (C=O) groups is 2. The third kappa shape index (κ3) is 3.94. The molecule has 3 aromatic carbocycles. The zero-order chi connectivity index (χ0) is 26.6. The van der Waals surface area contributed by atoms with E-state index in [4.69, 9.17) is 11.6 Å². The lowest BCUT2D eigenvalue weighted by Crippen LogP contribution is -2.43. The molecule has 2 aliphatic heterocycles. The van der Waals surface area contributed by atoms with Crippen LogP contribution in [0.25, 0.3) is 0 Å². The van der Waals surface area contributed by atoms with Crippen molar-refractivity contribution in [2.75, 3.05) is 16.8 Å². The molecule has 7 nitrogen and oxygen atoms in total. The molecule has 0 spiro atoms. The zero-order valence-electron chi connectivity index (χ0n) is 18.5. The lowest BCUT2D eigenvalue weighted by atomic mass is 9.94. The predicted molar refractivity (Wildman–Crippen MR) is 125 cm³/mol. The highest BCUT2D eigenvalue weighted by Gasteiger charge is 2.50. The van der Waals surface area contributed by atoms with Crippen LogP contribution < -0.4 is 15.5 Å². The maximum absolute atomic E-state index is 14.0. The van der Waals surface area contributed by atoms with E-state index in [-0.39, 0.29) is 38.7 Å². The van der Waals surface area contributed by atoms with Gasteiger partial charge in [-0.2, -0.15) is 5.26 Å². The zero-order valence-corrected chi connectivity index (χ0v) is 19.3. The summed E-state index contributed by atoms with van der Waals surface area (Å²) in [7, 11) is 0. The Hall–Kier alpha value is -4.14. The highest BCUT2D eigenvalue weighted by atomic mass is 35.5. The number of benzene rings is 3. The van der Waals surface area contributed by atoms with Crippen LogP contribution in [0, 0.1) is 23.0 Å². The van der Waals surface area contributed by atoms with Gasteiger partial charge in [0.2, 0.25) is 0 Å². The minimum absolute atomic E-state index is 0.00293. The number of aliphatic hydroxyl groups is 1. The Morgan fingerprint density at radius 3 is 2.59 bits per heavy atom. The van der Waals surface area contributed by atoms with Crippen LogP contribution in [0.2, 0.25) is 5.02 Å². The molecule has 1 unspecified atom stereocenters. The quantitative estimate of drug-likeness (QED) is 0.422. The summed E-state index contributed by atoms with van der Waals surface area (Å²) in [5, 5.41) is 25.3. The number of β-amino-alcohol motifs (C(OH)–C–C–N with tert-alkyl or cyclic N) is 1. The number of alkyl halides is 2. The minimum Gasteiger partial charge on any atom is -0.377 e. The van der Waals surface area contributed by atoms with E-state index in [0.717, 1.165) is 35.2 Å². The Balaban J connectivity index is 1.59. The van der Waals surface area contributed by atoms with Gasteiger partial charge < -0.3 is 15.7 Å². The minimum atomic E-state index is -3.33. The number of carbonyl (C=O) groups excluding carboxylic acids is 2. The van der Waals surface area contributed by atoms with Crippen LogP contribution in [0.15, 0.2) is 48.5 Å². The van der Waals surface area contributed by atoms with Gasteiger partial charge >= 0.3 is 6.03 Å². The number of rotatable bonds is 3. The van der Waals surface area contributed by atoms with Crippen LogP contribution >= 0.6 is 11.6 Å². The number of hydrogen-bond acceptors (Lipinski definition) is 4. The largest absolute Gasteiger partial charge is 0.377 e. The highest BCUT2D eigenvalue weighted by molar-refractivity contribution is 6.31. The molecule has 2 atom stereocenters. The molecule has 2 heterocycles. The number of urea groups is 1. The normalized spacial score (nSPS) is 19.9. The second-order valence-electron chi connectivity index (χ2n) is 8.57. The summed E-state index contributed by atoms with van der Waals surface area (Å²) in [4.78, 5) is 26.8. The van der Waals surface area contributed by atoms with Gasteiger partial charge in [0.1, 0.15) is 11.6 Å². The fraction of sp³-hybridized carbons (Fsp3) is 0.160. The third-order valence-corrected chi connectivity index (χ3v) is 6.69. The summed E-state index contributed by atoms with van der Waals surface area (Å²) in [6, 6.07) is 8.72. The molecule has 12 heteroatoms. The first kappa shape index (κ1) is 24.5. The first-order chi connectivity index (χ1) is 17.5. The van der Waals surface area contributed by atoms with Crippen molar-refractivity contribution in [2.45, 2.75) is 18.1 Å². The van der Waals surface area contributed by atoms with E-state index in [2.05, 4.69) is 10.6 Å². The molecule has 37 heavy (non-hydrogen) atoms. The Labute approximate surface area is 211 Å². The van der Waals surface area contributed by atoms with Crippen molar-refractivity contribution >= 4 is 34.9 Å². The molecule has 2 aliphatic rings. The molecule has 0 bridgehead atoms. The molecule has 3 aromatic rings. The summed E-state index contributed by atoms with van der Waals surface area (Å²) in [5.74, 6) is -2.12. The van der Waals surface area contributed by atoms with Crippen LogP contribution in [0.3, 0.4) is 0 Å². The maximum Gasteiger partial charge on any atom is 0.326 e. The van der Waals surface area contributed by atoms with E-state index in [9.17, 15) is 37.5 Å². The second kappa shape index (κ2) is 8.76. The predicted octanol–water partition coefficient (Wildman–Crippen LogP) is 4.83. The Morgan fingerprint density at radius 1 is 1.19 bits per heavy atom. The Morgan fingerprint density at radius 2 is 1.89 bits per heavy atom. The number of halogens is 5. The van der Waals surface area contributed by atoms with E-state index in [1.165, 1.54) is 18.2 Å². The summed E-state index contributed by atoms with van der Waals surface area (Å²) < 4.78 is 55.4. The summed E-state index contributed by atoms with van der Waals surface area (Å²) in [6.07, 6.45) is -3.33. The number of hydrogen-bond donors (Lipinski definition) is 3. The first-order valence-electron chi connectivity index (χ1n) is 10.8. The number of nitrogens with one attached hydrogen (secondary N) is 2. The van der Waals surface area contributed by atoms with Crippen molar-refractivity contribution in [1.82, 2.24) is 5.32 Å². The molecule has 0 radical (unpaired) electrons. The van der Waals surface area contributed by atoms with Crippen molar-refractivity contribution in [2.24, 2.45) is 0 Å². The molecule has 188 valence electrons. The van der Waals surface area contributed by atoms with Crippen LogP contribution in [-0.2, 0) is 5.60 Å². The molecule has 0 aliphatic carbocycles. The second-order valence-corrected chi connectivity index (χ2v) is 8.98. The van der Waals surface area contributed by atoms with Gasteiger partial charge in [0.05, 0.1) is 35.6 Å². The maximum atomic E-state index is 14.0. The smallest absolute Gasteiger partial charge is 0.326 e. The number of nitrogens with zero attached hydrogens (tertiary/aromatic N) is 2. The molecule has 0 aromatic heterocycles. The molecular formula is C25H15ClF4N4O3. The van der Waals surface area contributed by atoms with Gasteiger partial charge in [0, 0.05) is 27.3 Å². The topological polar surface area (TPSA) is 105 Å². The monoisotopic (exact) mass is 530 g/mol.